The first-order chi connectivity index (χ1) is 8.01. The number of hydrogen-bond donors (Lipinski definition) is 0. The molecule has 1 aromatic rings. The van der Waals surface area contributed by atoms with E-state index < -0.39 is 0 Å². The van der Waals surface area contributed by atoms with Crippen molar-refractivity contribution in [1.29, 1.82) is 0 Å². The van der Waals surface area contributed by atoms with E-state index in [1.807, 2.05) is 6.08 Å². The van der Waals surface area contributed by atoms with E-state index in [1.54, 1.807) is 0 Å². The molecule has 1 aromatic heterocycles. The van der Waals surface area contributed by atoms with Gasteiger partial charge in [0.05, 0.1) is 15.9 Å². The minimum atomic E-state index is -0.0813. The highest BCUT2D eigenvalue weighted by atomic mass is 79.9. The average molecular weight is 320 g/mol. The molecule has 96 valence electrons. The average Bonchev–Trinajstić information content (AvgIpc) is 2.66. The molecule has 0 spiro atoms. The summed E-state index contributed by atoms with van der Waals surface area (Å²) in [5.74, 6) is 0.569. The Kier molecular flexibility index (Phi) is 5.26. The zero-order valence-electron chi connectivity index (χ0n) is 10.8. The van der Waals surface area contributed by atoms with Gasteiger partial charge in [0, 0.05) is 24.3 Å². The van der Waals surface area contributed by atoms with E-state index >= 15 is 0 Å². The van der Waals surface area contributed by atoms with Gasteiger partial charge in [-0.3, -0.25) is 4.68 Å². The van der Waals surface area contributed by atoms with Gasteiger partial charge in [-0.05, 0) is 29.3 Å². The van der Waals surface area contributed by atoms with Crippen LogP contribution in [0.1, 0.15) is 32.2 Å². The first-order valence-electron chi connectivity index (χ1n) is 5.95. The van der Waals surface area contributed by atoms with Crippen molar-refractivity contribution < 1.29 is 0 Å². The molecule has 0 saturated heterocycles. The van der Waals surface area contributed by atoms with Crippen molar-refractivity contribution >= 4 is 27.5 Å². The molecule has 0 saturated carbocycles. The Labute approximate surface area is 117 Å². The van der Waals surface area contributed by atoms with Gasteiger partial charge < -0.3 is 0 Å². The highest BCUT2D eigenvalue weighted by Gasteiger charge is 2.24. The summed E-state index contributed by atoms with van der Waals surface area (Å²) in [4.78, 5) is 0. The van der Waals surface area contributed by atoms with Gasteiger partial charge in [-0.25, -0.2) is 0 Å². The van der Waals surface area contributed by atoms with E-state index in [0.717, 1.165) is 29.6 Å². The third kappa shape index (κ3) is 3.14. The lowest BCUT2D eigenvalue weighted by Gasteiger charge is -2.23. The Morgan fingerprint density at radius 1 is 1.53 bits per heavy atom. The van der Waals surface area contributed by atoms with Crippen LogP contribution >= 0.6 is 27.5 Å². The molecule has 0 fully saturated rings. The van der Waals surface area contributed by atoms with E-state index in [2.05, 4.69) is 53.1 Å². The SMILES string of the molecule is C=CC(C)(CCl)Cc1c(Br)c(CC)nn1CC. The van der Waals surface area contributed by atoms with Crippen molar-refractivity contribution in [3.05, 3.63) is 28.5 Å². The topological polar surface area (TPSA) is 17.8 Å². The standard InChI is InChI=1S/C13H20BrClN2/c1-5-10-12(14)11(17(7-3)16-10)8-13(4,6-2)9-15/h6H,2,5,7-9H2,1,3-4H3. The van der Waals surface area contributed by atoms with Gasteiger partial charge >= 0.3 is 0 Å². The minimum absolute atomic E-state index is 0.0813. The second-order valence-electron chi connectivity index (χ2n) is 4.55. The summed E-state index contributed by atoms with van der Waals surface area (Å²) in [7, 11) is 0. The van der Waals surface area contributed by atoms with Crippen LogP contribution in [0.15, 0.2) is 17.1 Å². The molecule has 1 unspecified atom stereocenters. The number of allylic oxidation sites excluding steroid dienone is 1. The molecule has 0 aliphatic carbocycles. The van der Waals surface area contributed by atoms with Crippen molar-refractivity contribution in [1.82, 2.24) is 9.78 Å². The van der Waals surface area contributed by atoms with Crippen molar-refractivity contribution in [2.45, 2.75) is 40.2 Å². The minimum Gasteiger partial charge on any atom is -0.268 e. The summed E-state index contributed by atoms with van der Waals surface area (Å²) in [5.41, 5.74) is 2.25. The van der Waals surface area contributed by atoms with Crippen LogP contribution in [0.4, 0.5) is 0 Å². The van der Waals surface area contributed by atoms with E-state index in [-0.39, 0.29) is 5.41 Å². The molecule has 0 bridgehead atoms. The molecule has 1 rings (SSSR count). The Hall–Kier alpha value is -0.280. The molecule has 17 heavy (non-hydrogen) atoms. The quantitative estimate of drug-likeness (QED) is 0.567. The molecule has 4 heteroatoms. The third-order valence-electron chi connectivity index (χ3n) is 3.06. The van der Waals surface area contributed by atoms with Crippen molar-refractivity contribution in [3.8, 4) is 0 Å². The molecule has 0 radical (unpaired) electrons. The van der Waals surface area contributed by atoms with Gasteiger partial charge in [0.25, 0.3) is 0 Å². The molecule has 1 atom stereocenters. The zero-order valence-corrected chi connectivity index (χ0v) is 13.1. The molecule has 0 aromatic carbocycles. The fraction of sp³-hybridized carbons (Fsp3) is 0.615. The predicted molar refractivity (Wildman–Crippen MR) is 77.7 cm³/mol. The number of nitrogens with zero attached hydrogens (tertiary/aromatic N) is 2. The van der Waals surface area contributed by atoms with Crippen LogP contribution in [0.3, 0.4) is 0 Å². The molecule has 2 nitrogen and oxygen atoms in total. The van der Waals surface area contributed by atoms with Crippen LogP contribution in [-0.2, 0) is 19.4 Å². The number of alkyl halides is 1. The Morgan fingerprint density at radius 3 is 2.59 bits per heavy atom. The monoisotopic (exact) mass is 318 g/mol. The molecular weight excluding hydrogens is 300 g/mol. The number of halogens is 2. The maximum atomic E-state index is 6.03. The summed E-state index contributed by atoms with van der Waals surface area (Å²) in [5, 5.41) is 4.59. The molecule has 0 amide bonds. The Morgan fingerprint density at radius 2 is 2.18 bits per heavy atom. The second kappa shape index (κ2) is 6.05. The van der Waals surface area contributed by atoms with Gasteiger partial charge in [-0.1, -0.05) is 19.9 Å². The number of hydrogen-bond acceptors (Lipinski definition) is 1. The van der Waals surface area contributed by atoms with E-state index in [0.29, 0.717) is 5.88 Å². The van der Waals surface area contributed by atoms with Crippen LogP contribution in [-0.4, -0.2) is 15.7 Å². The van der Waals surface area contributed by atoms with Crippen LogP contribution in [0.25, 0.3) is 0 Å². The van der Waals surface area contributed by atoms with Crippen molar-refractivity contribution in [2.24, 2.45) is 5.41 Å². The summed E-state index contributed by atoms with van der Waals surface area (Å²) in [6.45, 7) is 11.1. The van der Waals surface area contributed by atoms with Gasteiger partial charge in [0.2, 0.25) is 0 Å². The van der Waals surface area contributed by atoms with E-state index in [1.165, 1.54) is 5.69 Å². The van der Waals surface area contributed by atoms with Gasteiger partial charge in [-0.2, -0.15) is 5.10 Å². The van der Waals surface area contributed by atoms with Gasteiger partial charge in [0.15, 0.2) is 0 Å². The maximum absolute atomic E-state index is 6.03. The molecule has 0 aliphatic heterocycles. The number of aryl methyl sites for hydroxylation is 2. The Balaban J connectivity index is 3.12. The van der Waals surface area contributed by atoms with E-state index in [9.17, 15) is 0 Å². The lowest BCUT2D eigenvalue weighted by molar-refractivity contribution is 0.457. The van der Waals surface area contributed by atoms with Crippen LogP contribution in [0.2, 0.25) is 0 Å². The summed E-state index contributed by atoms with van der Waals surface area (Å²) in [6, 6.07) is 0. The Bertz CT molecular complexity index is 400. The highest BCUT2D eigenvalue weighted by Crippen LogP contribution is 2.31. The fourth-order valence-corrected chi connectivity index (χ4v) is 2.65. The van der Waals surface area contributed by atoms with Crippen LogP contribution in [0, 0.1) is 5.41 Å². The van der Waals surface area contributed by atoms with Crippen LogP contribution < -0.4 is 0 Å². The molecular formula is C13H20BrClN2. The first-order valence-corrected chi connectivity index (χ1v) is 7.27. The fourth-order valence-electron chi connectivity index (χ4n) is 1.74. The van der Waals surface area contributed by atoms with Crippen molar-refractivity contribution in [3.63, 3.8) is 0 Å². The lowest BCUT2D eigenvalue weighted by atomic mass is 9.87. The number of aromatic nitrogens is 2. The predicted octanol–water partition coefficient (Wildman–Crippen LogP) is 4.20. The van der Waals surface area contributed by atoms with Crippen LogP contribution in [0.5, 0.6) is 0 Å². The van der Waals surface area contributed by atoms with Gasteiger partial charge in [0.1, 0.15) is 0 Å². The van der Waals surface area contributed by atoms with Gasteiger partial charge in [-0.15, -0.1) is 18.2 Å². The molecule has 0 aliphatic rings. The summed E-state index contributed by atoms with van der Waals surface area (Å²) < 4.78 is 3.18. The summed E-state index contributed by atoms with van der Waals surface area (Å²) >= 11 is 9.68. The summed E-state index contributed by atoms with van der Waals surface area (Å²) in [6.07, 6.45) is 3.73. The maximum Gasteiger partial charge on any atom is 0.0766 e. The number of rotatable bonds is 6. The second-order valence-corrected chi connectivity index (χ2v) is 5.61. The first kappa shape index (κ1) is 14.8. The molecule has 1 heterocycles. The largest absolute Gasteiger partial charge is 0.268 e. The van der Waals surface area contributed by atoms with Crippen molar-refractivity contribution in [2.75, 3.05) is 5.88 Å². The van der Waals surface area contributed by atoms with E-state index in [4.69, 9.17) is 11.6 Å². The normalized spacial score (nSPS) is 14.6. The zero-order chi connectivity index (χ0) is 13.1. The smallest absolute Gasteiger partial charge is 0.0766 e. The lowest BCUT2D eigenvalue weighted by Crippen LogP contribution is -2.21. The molecule has 0 N–H and O–H groups in total. The third-order valence-corrected chi connectivity index (χ3v) is 4.59. The highest BCUT2D eigenvalue weighted by molar-refractivity contribution is 9.10.